The Hall–Kier alpha value is -0.780. The summed E-state index contributed by atoms with van der Waals surface area (Å²) in [7, 11) is 4.13. The largest absolute Gasteiger partial charge is 0.417 e. The lowest BCUT2D eigenvalue weighted by Gasteiger charge is -2.35. The van der Waals surface area contributed by atoms with Crippen LogP contribution in [-0.4, -0.2) is 43.0 Å². The molecule has 2 nitrogen and oxygen atoms in total. The second-order valence-corrected chi connectivity index (χ2v) is 6.63. The highest BCUT2D eigenvalue weighted by atomic mass is 35.5. The quantitative estimate of drug-likeness (QED) is 0.817. The summed E-state index contributed by atoms with van der Waals surface area (Å²) in [5.41, 5.74) is 0.430. The Bertz CT molecular complexity index is 521. The van der Waals surface area contributed by atoms with E-state index in [4.69, 9.17) is 11.6 Å². The Morgan fingerprint density at radius 3 is 2.32 bits per heavy atom. The molecule has 124 valence electrons. The van der Waals surface area contributed by atoms with Crippen LogP contribution in [0.1, 0.15) is 29.5 Å². The monoisotopic (exact) mass is 334 g/mol. The topological polar surface area (TPSA) is 6.48 Å². The zero-order valence-electron chi connectivity index (χ0n) is 13.2. The minimum atomic E-state index is -4.41. The maximum Gasteiger partial charge on any atom is 0.417 e. The molecule has 0 radical (unpaired) electrons. The molecule has 22 heavy (non-hydrogen) atoms. The normalized spacial score (nSPS) is 18.2. The third kappa shape index (κ3) is 4.15. The molecule has 1 heterocycles. The van der Waals surface area contributed by atoms with Crippen molar-refractivity contribution in [2.24, 2.45) is 0 Å². The van der Waals surface area contributed by atoms with Gasteiger partial charge in [-0.3, -0.25) is 4.90 Å². The Labute approximate surface area is 134 Å². The van der Waals surface area contributed by atoms with E-state index in [0.29, 0.717) is 23.7 Å². The molecule has 1 aromatic carbocycles. The molecule has 1 aliphatic heterocycles. The van der Waals surface area contributed by atoms with E-state index in [1.807, 2.05) is 0 Å². The number of hydrogen-bond acceptors (Lipinski definition) is 2. The van der Waals surface area contributed by atoms with E-state index in [1.54, 1.807) is 13.0 Å². The average Bonchev–Trinajstić information content (AvgIpc) is 2.42. The van der Waals surface area contributed by atoms with Crippen LogP contribution >= 0.6 is 11.6 Å². The fraction of sp³-hybridized carbons (Fsp3) is 0.625. The summed E-state index contributed by atoms with van der Waals surface area (Å²) in [5.74, 6) is 0. The van der Waals surface area contributed by atoms with Crippen molar-refractivity contribution < 1.29 is 13.2 Å². The van der Waals surface area contributed by atoms with Crippen molar-refractivity contribution >= 4 is 11.6 Å². The number of likely N-dealkylation sites (tertiary alicyclic amines) is 1. The highest BCUT2D eigenvalue weighted by Gasteiger charge is 2.34. The molecule has 0 bridgehead atoms. The molecule has 6 heteroatoms. The van der Waals surface area contributed by atoms with Crippen LogP contribution in [0.15, 0.2) is 12.1 Å². The van der Waals surface area contributed by atoms with Crippen LogP contribution in [-0.2, 0) is 12.7 Å². The first kappa shape index (κ1) is 17.6. The van der Waals surface area contributed by atoms with E-state index >= 15 is 0 Å². The van der Waals surface area contributed by atoms with Crippen molar-refractivity contribution in [2.75, 3.05) is 27.2 Å². The molecule has 0 atom stereocenters. The molecule has 1 fully saturated rings. The second-order valence-electron chi connectivity index (χ2n) is 6.25. The van der Waals surface area contributed by atoms with Gasteiger partial charge in [-0.15, -0.1) is 0 Å². The molecular formula is C16H22ClF3N2. The summed E-state index contributed by atoms with van der Waals surface area (Å²) in [6.45, 7) is 3.92. The summed E-state index contributed by atoms with van der Waals surface area (Å²) in [6.07, 6.45) is -2.35. The molecule has 1 aromatic rings. The highest BCUT2D eigenvalue weighted by Crippen LogP contribution is 2.37. The summed E-state index contributed by atoms with van der Waals surface area (Å²) in [6, 6.07) is 3.43. The van der Waals surface area contributed by atoms with Crippen molar-refractivity contribution in [1.82, 2.24) is 9.80 Å². The molecule has 1 saturated heterocycles. The number of rotatable bonds is 3. The van der Waals surface area contributed by atoms with Crippen LogP contribution in [0.4, 0.5) is 13.2 Å². The Kier molecular flexibility index (Phi) is 5.41. The Balaban J connectivity index is 2.12. The lowest BCUT2D eigenvalue weighted by Crippen LogP contribution is -2.41. The zero-order chi connectivity index (χ0) is 16.5. The van der Waals surface area contributed by atoms with Crippen LogP contribution in [0.3, 0.4) is 0 Å². The SMILES string of the molecule is Cc1cc(CN2CCC(N(C)C)CC2)c(Cl)c(C(F)(F)F)c1. The third-order valence-electron chi connectivity index (χ3n) is 4.28. The van der Waals surface area contributed by atoms with Crippen LogP contribution in [0, 0.1) is 6.92 Å². The van der Waals surface area contributed by atoms with Gasteiger partial charge in [0.15, 0.2) is 0 Å². The summed E-state index contributed by atoms with van der Waals surface area (Å²) < 4.78 is 39.1. The number of alkyl halides is 3. The Morgan fingerprint density at radius 2 is 1.82 bits per heavy atom. The molecule has 0 saturated carbocycles. The van der Waals surface area contributed by atoms with Crippen molar-refractivity contribution in [3.8, 4) is 0 Å². The number of aryl methyl sites for hydroxylation is 1. The van der Waals surface area contributed by atoms with Crippen molar-refractivity contribution in [3.05, 3.63) is 33.8 Å². The predicted molar refractivity (Wildman–Crippen MR) is 83.2 cm³/mol. The van der Waals surface area contributed by atoms with Gasteiger partial charge in [-0.2, -0.15) is 13.2 Å². The maximum absolute atomic E-state index is 13.0. The fourth-order valence-electron chi connectivity index (χ4n) is 3.00. The first-order valence-electron chi connectivity index (χ1n) is 7.43. The molecule has 1 aliphatic rings. The maximum atomic E-state index is 13.0. The molecule has 0 unspecified atom stereocenters. The van der Waals surface area contributed by atoms with E-state index in [2.05, 4.69) is 23.9 Å². The van der Waals surface area contributed by atoms with Crippen molar-refractivity contribution in [1.29, 1.82) is 0 Å². The van der Waals surface area contributed by atoms with E-state index in [1.165, 1.54) is 0 Å². The van der Waals surface area contributed by atoms with E-state index < -0.39 is 11.7 Å². The van der Waals surface area contributed by atoms with Gasteiger partial charge in [0.2, 0.25) is 0 Å². The lowest BCUT2D eigenvalue weighted by atomic mass is 10.0. The van der Waals surface area contributed by atoms with E-state index in [-0.39, 0.29) is 5.02 Å². The van der Waals surface area contributed by atoms with Gasteiger partial charge in [0.25, 0.3) is 0 Å². The van der Waals surface area contributed by atoms with Gasteiger partial charge in [0.1, 0.15) is 0 Å². The molecule has 0 aromatic heterocycles. The van der Waals surface area contributed by atoms with Crippen LogP contribution in [0.25, 0.3) is 0 Å². The van der Waals surface area contributed by atoms with E-state index in [0.717, 1.165) is 32.0 Å². The minimum Gasteiger partial charge on any atom is -0.306 e. The summed E-state index contributed by atoms with van der Waals surface area (Å²) in [5, 5.41) is -0.159. The van der Waals surface area contributed by atoms with Gasteiger partial charge < -0.3 is 4.90 Å². The van der Waals surface area contributed by atoms with Crippen LogP contribution < -0.4 is 0 Å². The lowest BCUT2D eigenvalue weighted by molar-refractivity contribution is -0.137. The average molecular weight is 335 g/mol. The number of nitrogens with zero attached hydrogens (tertiary/aromatic N) is 2. The number of benzene rings is 1. The van der Waals surface area contributed by atoms with Crippen molar-refractivity contribution in [3.63, 3.8) is 0 Å². The number of hydrogen-bond donors (Lipinski definition) is 0. The predicted octanol–water partition coefficient (Wildman–Crippen LogP) is 4.19. The molecule has 0 aliphatic carbocycles. The minimum absolute atomic E-state index is 0.159. The highest BCUT2D eigenvalue weighted by molar-refractivity contribution is 6.32. The standard InChI is InChI=1S/C16H22ClF3N2/c1-11-8-12(15(17)14(9-11)16(18,19)20)10-22-6-4-13(5-7-22)21(2)3/h8-9,13H,4-7,10H2,1-3H3. The molecule has 0 spiro atoms. The van der Waals surface area contributed by atoms with Gasteiger partial charge in [0.05, 0.1) is 10.6 Å². The van der Waals surface area contributed by atoms with Gasteiger partial charge >= 0.3 is 6.18 Å². The summed E-state index contributed by atoms with van der Waals surface area (Å²) in [4.78, 5) is 4.39. The van der Waals surface area contributed by atoms with Gasteiger partial charge in [-0.1, -0.05) is 23.2 Å². The molecule has 0 amide bonds. The number of halogens is 4. The molecule has 0 N–H and O–H groups in total. The Morgan fingerprint density at radius 1 is 1.23 bits per heavy atom. The van der Waals surface area contributed by atoms with E-state index in [9.17, 15) is 13.2 Å². The third-order valence-corrected chi connectivity index (χ3v) is 4.73. The first-order chi connectivity index (χ1) is 10.2. The van der Waals surface area contributed by atoms with Gasteiger partial charge in [-0.25, -0.2) is 0 Å². The van der Waals surface area contributed by atoms with Crippen LogP contribution in [0.5, 0.6) is 0 Å². The molecular weight excluding hydrogens is 313 g/mol. The van der Waals surface area contributed by atoms with Gasteiger partial charge in [0, 0.05) is 12.6 Å². The fourth-order valence-corrected chi connectivity index (χ4v) is 3.28. The zero-order valence-corrected chi connectivity index (χ0v) is 13.9. The van der Waals surface area contributed by atoms with Crippen molar-refractivity contribution in [2.45, 2.75) is 38.5 Å². The molecule has 2 rings (SSSR count). The first-order valence-corrected chi connectivity index (χ1v) is 7.81. The second kappa shape index (κ2) is 6.77. The van der Waals surface area contributed by atoms with Gasteiger partial charge in [-0.05, 0) is 58.6 Å². The summed E-state index contributed by atoms with van der Waals surface area (Å²) >= 11 is 6.01. The number of piperidine rings is 1. The van der Waals surface area contributed by atoms with Crippen LogP contribution in [0.2, 0.25) is 5.02 Å². The smallest absolute Gasteiger partial charge is 0.306 e.